The number of guanidine groups is 1. The fraction of sp³-hybridized carbons (Fsp3) is 0.682. The van der Waals surface area contributed by atoms with Crippen molar-refractivity contribution in [1.29, 1.82) is 0 Å². The van der Waals surface area contributed by atoms with E-state index in [1.807, 2.05) is 7.05 Å². The predicted octanol–water partition coefficient (Wildman–Crippen LogP) is 3.45. The molecule has 0 aromatic heterocycles. The summed E-state index contributed by atoms with van der Waals surface area (Å²) in [4.78, 5) is 6.52. The zero-order chi connectivity index (χ0) is 19.5. The summed E-state index contributed by atoms with van der Waals surface area (Å²) in [6, 6.07) is 8.75. The highest BCUT2D eigenvalue weighted by Crippen LogP contribution is 2.40. The summed E-state index contributed by atoms with van der Waals surface area (Å²) in [5.74, 6) is 0.905. The third-order valence-corrected chi connectivity index (χ3v) is 5.66. The maximum atomic E-state index is 5.61. The van der Waals surface area contributed by atoms with Crippen molar-refractivity contribution in [3.8, 4) is 0 Å². The first-order valence-corrected chi connectivity index (χ1v) is 10.4. The maximum Gasteiger partial charge on any atom is 0.191 e. The average Bonchev–Trinajstić information content (AvgIpc) is 3.14. The van der Waals surface area contributed by atoms with Gasteiger partial charge in [-0.15, -0.1) is 0 Å². The summed E-state index contributed by atoms with van der Waals surface area (Å²) < 4.78 is 5.61. The minimum Gasteiger partial charge on any atom is -0.382 e. The van der Waals surface area contributed by atoms with Crippen molar-refractivity contribution in [3.05, 3.63) is 29.8 Å². The van der Waals surface area contributed by atoms with Crippen LogP contribution < -0.4 is 15.5 Å². The Balaban J connectivity index is 1.76. The largest absolute Gasteiger partial charge is 0.382 e. The van der Waals surface area contributed by atoms with Gasteiger partial charge in [0.25, 0.3) is 0 Å². The molecule has 0 aliphatic heterocycles. The Bertz CT molecular complexity index is 562. The van der Waals surface area contributed by atoms with Gasteiger partial charge in [-0.1, -0.05) is 25.0 Å². The highest BCUT2D eigenvalue weighted by molar-refractivity contribution is 5.79. The van der Waals surface area contributed by atoms with Crippen molar-refractivity contribution in [2.24, 2.45) is 10.4 Å². The predicted molar refractivity (Wildman–Crippen MR) is 116 cm³/mol. The van der Waals surface area contributed by atoms with Crippen LogP contribution >= 0.6 is 0 Å². The van der Waals surface area contributed by atoms with Crippen molar-refractivity contribution in [1.82, 2.24) is 10.6 Å². The van der Waals surface area contributed by atoms with Crippen molar-refractivity contribution in [2.75, 3.05) is 52.3 Å². The van der Waals surface area contributed by atoms with Gasteiger partial charge in [-0.3, -0.25) is 4.99 Å². The zero-order valence-electron chi connectivity index (χ0n) is 17.7. The van der Waals surface area contributed by atoms with E-state index in [4.69, 9.17) is 4.74 Å². The normalized spacial score (nSPS) is 16.4. The van der Waals surface area contributed by atoms with Crippen molar-refractivity contribution < 1.29 is 4.74 Å². The molecule has 2 N–H and O–H groups in total. The fourth-order valence-corrected chi connectivity index (χ4v) is 3.85. The second kappa shape index (κ2) is 11.2. The molecule has 1 aliphatic carbocycles. The lowest BCUT2D eigenvalue weighted by atomic mass is 9.83. The van der Waals surface area contributed by atoms with Crippen molar-refractivity contribution in [2.45, 2.75) is 45.4 Å². The summed E-state index contributed by atoms with van der Waals surface area (Å²) in [7, 11) is 5.98. The fourth-order valence-electron chi connectivity index (χ4n) is 3.85. The van der Waals surface area contributed by atoms with Crippen LogP contribution in [-0.2, 0) is 11.2 Å². The van der Waals surface area contributed by atoms with Gasteiger partial charge in [0.15, 0.2) is 5.96 Å². The van der Waals surface area contributed by atoms with E-state index in [0.29, 0.717) is 5.41 Å². The molecule has 0 bridgehead atoms. The highest BCUT2D eigenvalue weighted by Gasteiger charge is 2.33. The summed E-state index contributed by atoms with van der Waals surface area (Å²) in [6.07, 6.45) is 7.39. The van der Waals surface area contributed by atoms with E-state index in [0.717, 1.165) is 45.1 Å². The van der Waals surface area contributed by atoms with E-state index >= 15 is 0 Å². The first-order valence-electron chi connectivity index (χ1n) is 10.4. The summed E-state index contributed by atoms with van der Waals surface area (Å²) in [5, 5.41) is 7.03. The molecule has 1 aliphatic rings. The number of hydrogen-bond donors (Lipinski definition) is 2. The summed E-state index contributed by atoms with van der Waals surface area (Å²) in [6.45, 7) is 5.61. The standard InChI is InChI=1S/C22H38N4O/c1-5-27-17-15-22(13-6-7-14-22)18-25-21(23-2)24-16-12-19-8-10-20(11-9-19)26(3)4/h8-11H,5-7,12-18H2,1-4H3,(H2,23,24,25). The van der Waals surface area contributed by atoms with Gasteiger partial charge in [0.05, 0.1) is 0 Å². The van der Waals surface area contributed by atoms with Gasteiger partial charge in [0, 0.05) is 53.1 Å². The van der Waals surface area contributed by atoms with Crippen LogP contribution in [0.2, 0.25) is 0 Å². The molecule has 1 aromatic rings. The highest BCUT2D eigenvalue weighted by atomic mass is 16.5. The molecule has 1 saturated carbocycles. The molecule has 1 fully saturated rings. The van der Waals surface area contributed by atoms with Crippen LogP contribution in [0.4, 0.5) is 5.69 Å². The molecule has 0 heterocycles. The van der Waals surface area contributed by atoms with E-state index in [1.54, 1.807) is 0 Å². The molecule has 0 amide bonds. The van der Waals surface area contributed by atoms with Crippen LogP contribution in [0.3, 0.4) is 0 Å². The van der Waals surface area contributed by atoms with E-state index in [9.17, 15) is 0 Å². The lowest BCUT2D eigenvalue weighted by Gasteiger charge is -2.30. The summed E-state index contributed by atoms with van der Waals surface area (Å²) in [5.41, 5.74) is 2.94. The lowest BCUT2D eigenvalue weighted by Crippen LogP contribution is -2.44. The molecule has 0 saturated heterocycles. The third kappa shape index (κ3) is 7.06. The molecule has 27 heavy (non-hydrogen) atoms. The Morgan fingerprint density at radius 2 is 1.85 bits per heavy atom. The van der Waals surface area contributed by atoms with Gasteiger partial charge in [0.2, 0.25) is 0 Å². The Morgan fingerprint density at radius 1 is 1.15 bits per heavy atom. The number of anilines is 1. The van der Waals surface area contributed by atoms with Gasteiger partial charge in [-0.2, -0.15) is 0 Å². The minimum atomic E-state index is 0.370. The molecule has 0 spiro atoms. The van der Waals surface area contributed by atoms with Crippen molar-refractivity contribution >= 4 is 11.6 Å². The van der Waals surface area contributed by atoms with Crippen molar-refractivity contribution in [3.63, 3.8) is 0 Å². The van der Waals surface area contributed by atoms with Gasteiger partial charge < -0.3 is 20.3 Å². The lowest BCUT2D eigenvalue weighted by molar-refractivity contribution is 0.105. The Labute approximate surface area is 165 Å². The first-order chi connectivity index (χ1) is 13.1. The second-order valence-electron chi connectivity index (χ2n) is 7.82. The van der Waals surface area contributed by atoms with Crippen LogP contribution in [0.5, 0.6) is 0 Å². The molecule has 5 heteroatoms. The average molecular weight is 375 g/mol. The number of aliphatic imine (C=N–C) groups is 1. The van der Waals surface area contributed by atoms with Gasteiger partial charge in [0.1, 0.15) is 0 Å². The van der Waals surface area contributed by atoms with E-state index in [-0.39, 0.29) is 0 Å². The number of rotatable bonds is 10. The molecule has 152 valence electrons. The third-order valence-electron chi connectivity index (χ3n) is 5.66. The number of ether oxygens (including phenoxy) is 1. The smallest absolute Gasteiger partial charge is 0.191 e. The maximum absolute atomic E-state index is 5.61. The van der Waals surface area contributed by atoms with E-state index in [2.05, 4.69) is 65.8 Å². The van der Waals surface area contributed by atoms with Gasteiger partial charge in [-0.05, 0) is 55.7 Å². The molecule has 0 atom stereocenters. The van der Waals surface area contributed by atoms with E-state index < -0.39 is 0 Å². The van der Waals surface area contributed by atoms with Crippen LogP contribution in [0.15, 0.2) is 29.3 Å². The number of nitrogens with zero attached hydrogens (tertiary/aromatic N) is 2. The quantitative estimate of drug-likeness (QED) is 0.374. The molecular formula is C22H38N4O. The molecule has 2 rings (SSSR count). The monoisotopic (exact) mass is 374 g/mol. The van der Waals surface area contributed by atoms with Crippen LogP contribution in [0.1, 0.15) is 44.6 Å². The Morgan fingerprint density at radius 3 is 2.44 bits per heavy atom. The van der Waals surface area contributed by atoms with Crippen LogP contribution in [-0.4, -0.2) is 53.4 Å². The molecule has 0 radical (unpaired) electrons. The SMILES string of the molecule is CCOCCC1(CNC(=NC)NCCc2ccc(N(C)C)cc2)CCCC1. The summed E-state index contributed by atoms with van der Waals surface area (Å²) >= 11 is 0. The Kier molecular flexibility index (Phi) is 8.92. The van der Waals surface area contributed by atoms with Crippen LogP contribution in [0.25, 0.3) is 0 Å². The minimum absolute atomic E-state index is 0.370. The topological polar surface area (TPSA) is 48.9 Å². The Hall–Kier alpha value is -1.75. The first kappa shape index (κ1) is 21.5. The van der Waals surface area contributed by atoms with E-state index in [1.165, 1.54) is 36.9 Å². The van der Waals surface area contributed by atoms with Gasteiger partial charge >= 0.3 is 0 Å². The number of benzene rings is 1. The van der Waals surface area contributed by atoms with Gasteiger partial charge in [-0.25, -0.2) is 0 Å². The molecular weight excluding hydrogens is 336 g/mol. The number of hydrogen-bond acceptors (Lipinski definition) is 3. The molecule has 5 nitrogen and oxygen atoms in total. The molecule has 0 unspecified atom stereocenters. The van der Waals surface area contributed by atoms with Crippen LogP contribution in [0, 0.1) is 5.41 Å². The molecule has 1 aromatic carbocycles. The second-order valence-corrected chi connectivity index (χ2v) is 7.82. The number of nitrogens with one attached hydrogen (secondary N) is 2. The zero-order valence-corrected chi connectivity index (χ0v) is 17.7.